The van der Waals surface area contributed by atoms with Gasteiger partial charge in [-0.25, -0.2) is 13.4 Å². The number of anilines is 1. The molecule has 2 heterocycles. The molecule has 0 radical (unpaired) electrons. The van der Waals surface area contributed by atoms with Crippen molar-refractivity contribution in [1.82, 2.24) is 10.3 Å². The van der Waals surface area contributed by atoms with Gasteiger partial charge in [0.1, 0.15) is 0 Å². The van der Waals surface area contributed by atoms with Crippen LogP contribution in [0, 0.1) is 0 Å². The van der Waals surface area contributed by atoms with Gasteiger partial charge in [-0.15, -0.1) is 11.3 Å². The van der Waals surface area contributed by atoms with Crippen LogP contribution in [0.2, 0.25) is 0 Å². The van der Waals surface area contributed by atoms with Gasteiger partial charge in [0.05, 0.1) is 17.2 Å². The Morgan fingerprint density at radius 3 is 2.81 bits per heavy atom. The number of hydrogen-bond donors (Lipinski definition) is 1. The molecule has 0 aromatic carbocycles. The van der Waals surface area contributed by atoms with Crippen molar-refractivity contribution >= 4 is 26.3 Å². The number of aryl methyl sites for hydroxylation is 1. The molecule has 2 fully saturated rings. The van der Waals surface area contributed by atoms with Gasteiger partial charge in [0, 0.05) is 30.1 Å². The van der Waals surface area contributed by atoms with Gasteiger partial charge in [-0.05, 0) is 26.2 Å². The Labute approximate surface area is 130 Å². The molecule has 1 saturated carbocycles. The highest BCUT2D eigenvalue weighted by atomic mass is 32.2. The van der Waals surface area contributed by atoms with Crippen molar-refractivity contribution in [2.75, 3.05) is 23.0 Å². The van der Waals surface area contributed by atoms with Crippen molar-refractivity contribution in [3.63, 3.8) is 0 Å². The summed E-state index contributed by atoms with van der Waals surface area (Å²) < 4.78 is 23.4. The molecular formula is C14H23N3O2S2. The molecule has 1 aromatic rings. The van der Waals surface area contributed by atoms with Crippen molar-refractivity contribution < 1.29 is 8.42 Å². The molecule has 3 rings (SSSR count). The molecule has 1 aliphatic heterocycles. The van der Waals surface area contributed by atoms with Gasteiger partial charge in [0.2, 0.25) is 0 Å². The van der Waals surface area contributed by atoms with E-state index in [1.54, 1.807) is 11.3 Å². The molecule has 1 aromatic heterocycles. The molecule has 0 spiro atoms. The summed E-state index contributed by atoms with van der Waals surface area (Å²) in [6, 6.07) is 0.711. The highest BCUT2D eigenvalue weighted by molar-refractivity contribution is 7.91. The Kier molecular flexibility index (Phi) is 4.25. The third-order valence-electron chi connectivity index (χ3n) is 4.15. The van der Waals surface area contributed by atoms with E-state index in [0.717, 1.165) is 23.8 Å². The minimum absolute atomic E-state index is 0.0175. The Bertz CT molecular complexity index is 608. The van der Waals surface area contributed by atoms with E-state index in [0.29, 0.717) is 12.6 Å². The zero-order valence-corrected chi connectivity index (χ0v) is 14.3. The molecule has 118 valence electrons. The fourth-order valence-corrected chi connectivity index (χ4v) is 5.50. The van der Waals surface area contributed by atoms with Crippen molar-refractivity contribution in [2.45, 2.75) is 51.7 Å². The van der Waals surface area contributed by atoms with Crippen molar-refractivity contribution in [2.24, 2.45) is 0 Å². The lowest BCUT2D eigenvalue weighted by atomic mass is 10.3. The summed E-state index contributed by atoms with van der Waals surface area (Å²) in [6.07, 6.45) is 3.50. The van der Waals surface area contributed by atoms with E-state index < -0.39 is 9.84 Å². The van der Waals surface area contributed by atoms with Crippen LogP contribution in [0.1, 0.15) is 37.3 Å². The van der Waals surface area contributed by atoms with Crippen molar-refractivity contribution in [3.8, 4) is 0 Å². The summed E-state index contributed by atoms with van der Waals surface area (Å²) in [6.45, 7) is 5.57. The van der Waals surface area contributed by atoms with E-state index in [-0.39, 0.29) is 17.5 Å². The number of sulfone groups is 1. The zero-order chi connectivity index (χ0) is 15.0. The minimum atomic E-state index is -2.87. The molecule has 2 aliphatic rings. The number of thiazole rings is 1. The molecule has 1 N–H and O–H groups in total. The fourth-order valence-electron chi connectivity index (χ4n) is 2.71. The van der Waals surface area contributed by atoms with Gasteiger partial charge in [0.25, 0.3) is 0 Å². The largest absolute Gasteiger partial charge is 0.343 e. The maximum absolute atomic E-state index is 11.7. The summed E-state index contributed by atoms with van der Waals surface area (Å²) in [4.78, 5) is 8.22. The molecule has 5 nitrogen and oxygen atoms in total. The van der Waals surface area contributed by atoms with Gasteiger partial charge >= 0.3 is 0 Å². The topological polar surface area (TPSA) is 62.3 Å². The lowest BCUT2D eigenvalue weighted by molar-refractivity contribution is 0.568. The average Bonchev–Trinajstić information content (AvgIpc) is 3.15. The van der Waals surface area contributed by atoms with E-state index in [9.17, 15) is 8.42 Å². The van der Waals surface area contributed by atoms with Crippen LogP contribution in [-0.2, 0) is 22.8 Å². The standard InChI is InChI=1S/C14H23N3O2S2/c1-3-12-13(8-15-11-4-5-11)20-14(16-12)17-6-7-21(18,19)9-10(17)2/h10-11,15H,3-9H2,1-2H3. The zero-order valence-electron chi connectivity index (χ0n) is 12.6. The molecule has 0 bridgehead atoms. The third-order valence-corrected chi connectivity index (χ3v) is 7.08. The van der Waals surface area contributed by atoms with Crippen molar-refractivity contribution in [3.05, 3.63) is 10.6 Å². The van der Waals surface area contributed by atoms with Crippen LogP contribution in [0.5, 0.6) is 0 Å². The first-order valence-corrected chi connectivity index (χ1v) is 10.3. The maximum Gasteiger partial charge on any atom is 0.186 e. The SMILES string of the molecule is CCc1nc(N2CCS(=O)(=O)CC2C)sc1CNC1CC1. The molecule has 1 unspecified atom stereocenters. The van der Waals surface area contributed by atoms with Crippen LogP contribution in [-0.4, -0.2) is 43.5 Å². The first kappa shape index (κ1) is 15.2. The smallest absolute Gasteiger partial charge is 0.186 e. The number of nitrogens with zero attached hydrogens (tertiary/aromatic N) is 2. The minimum Gasteiger partial charge on any atom is -0.343 e. The molecule has 0 amide bonds. The second kappa shape index (κ2) is 5.85. The van der Waals surface area contributed by atoms with Crippen LogP contribution < -0.4 is 10.2 Å². The van der Waals surface area contributed by atoms with E-state index in [1.165, 1.54) is 17.7 Å². The quantitative estimate of drug-likeness (QED) is 0.889. The van der Waals surface area contributed by atoms with Gasteiger partial charge < -0.3 is 10.2 Å². The van der Waals surface area contributed by atoms with Gasteiger partial charge in [0.15, 0.2) is 15.0 Å². The second-order valence-electron chi connectivity index (χ2n) is 6.03. The summed E-state index contributed by atoms with van der Waals surface area (Å²) in [5.74, 6) is 0.484. The summed E-state index contributed by atoms with van der Waals surface area (Å²) in [7, 11) is -2.87. The fraction of sp³-hybridized carbons (Fsp3) is 0.786. The predicted octanol–water partition coefficient (Wildman–Crippen LogP) is 1.58. The van der Waals surface area contributed by atoms with Gasteiger partial charge in [-0.2, -0.15) is 0 Å². The molecular weight excluding hydrogens is 306 g/mol. The van der Waals surface area contributed by atoms with Crippen LogP contribution in [0.3, 0.4) is 0 Å². The van der Waals surface area contributed by atoms with Gasteiger partial charge in [-0.3, -0.25) is 0 Å². The normalized spacial score (nSPS) is 25.2. The number of aromatic nitrogens is 1. The second-order valence-corrected chi connectivity index (χ2v) is 9.32. The van der Waals surface area contributed by atoms with E-state index in [2.05, 4.69) is 17.1 Å². The molecule has 21 heavy (non-hydrogen) atoms. The Morgan fingerprint density at radius 2 is 2.19 bits per heavy atom. The molecule has 7 heteroatoms. The van der Waals surface area contributed by atoms with E-state index in [4.69, 9.17) is 4.98 Å². The van der Waals surface area contributed by atoms with E-state index in [1.807, 2.05) is 6.92 Å². The molecule has 1 atom stereocenters. The maximum atomic E-state index is 11.7. The highest BCUT2D eigenvalue weighted by Gasteiger charge is 2.30. The summed E-state index contributed by atoms with van der Waals surface area (Å²) in [5, 5.41) is 4.53. The third kappa shape index (κ3) is 3.57. The van der Waals surface area contributed by atoms with Crippen LogP contribution >= 0.6 is 11.3 Å². The van der Waals surface area contributed by atoms with Gasteiger partial charge in [-0.1, -0.05) is 6.92 Å². The molecule has 1 aliphatic carbocycles. The summed E-state index contributed by atoms with van der Waals surface area (Å²) in [5.41, 5.74) is 1.16. The van der Waals surface area contributed by atoms with E-state index >= 15 is 0 Å². The lowest BCUT2D eigenvalue weighted by Gasteiger charge is -2.32. The van der Waals surface area contributed by atoms with Crippen LogP contribution in [0.15, 0.2) is 0 Å². The predicted molar refractivity (Wildman–Crippen MR) is 86.8 cm³/mol. The monoisotopic (exact) mass is 329 g/mol. The first-order chi connectivity index (χ1) is 9.98. The average molecular weight is 329 g/mol. The van der Waals surface area contributed by atoms with Crippen LogP contribution in [0.4, 0.5) is 5.13 Å². The highest BCUT2D eigenvalue weighted by Crippen LogP contribution is 2.30. The Morgan fingerprint density at radius 1 is 1.43 bits per heavy atom. The number of nitrogens with one attached hydrogen (secondary N) is 1. The van der Waals surface area contributed by atoms with Crippen LogP contribution in [0.25, 0.3) is 0 Å². The summed E-state index contributed by atoms with van der Waals surface area (Å²) >= 11 is 1.72. The number of hydrogen-bond acceptors (Lipinski definition) is 6. The number of rotatable bonds is 5. The lowest BCUT2D eigenvalue weighted by Crippen LogP contribution is -2.47. The Balaban J connectivity index is 1.75. The first-order valence-electron chi connectivity index (χ1n) is 7.67. The molecule has 1 saturated heterocycles. The Hall–Kier alpha value is -0.660. The van der Waals surface area contributed by atoms with Crippen molar-refractivity contribution in [1.29, 1.82) is 0 Å².